The lowest BCUT2D eigenvalue weighted by Crippen LogP contribution is -1.86. The average Bonchev–Trinajstić information content (AvgIpc) is 2.62. The number of rotatable bonds is 3. The highest BCUT2D eigenvalue weighted by atomic mass is 32.2. The van der Waals surface area contributed by atoms with Crippen molar-refractivity contribution in [2.45, 2.75) is 17.6 Å². The van der Waals surface area contributed by atoms with Gasteiger partial charge in [0.2, 0.25) is 0 Å². The number of hydrogen-bond donors (Lipinski definition) is 1. The summed E-state index contributed by atoms with van der Waals surface area (Å²) < 4.78 is 4.14. The van der Waals surface area contributed by atoms with Crippen molar-refractivity contribution >= 4 is 28.4 Å². The Bertz CT molecular complexity index is 453. The molecule has 15 heavy (non-hydrogen) atoms. The summed E-state index contributed by atoms with van der Waals surface area (Å²) >= 11 is 2.97. The van der Waals surface area contributed by atoms with Gasteiger partial charge in [0.25, 0.3) is 0 Å². The Morgan fingerprint density at radius 3 is 3.00 bits per heavy atom. The van der Waals surface area contributed by atoms with E-state index in [0.29, 0.717) is 5.13 Å². The van der Waals surface area contributed by atoms with E-state index in [1.165, 1.54) is 22.0 Å². The van der Waals surface area contributed by atoms with Gasteiger partial charge in [0.1, 0.15) is 0 Å². The Hall–Kier alpha value is -1.07. The molecule has 5 heteroatoms. The van der Waals surface area contributed by atoms with E-state index in [1.807, 2.05) is 0 Å². The molecule has 0 aliphatic carbocycles. The average molecular weight is 237 g/mol. The van der Waals surface area contributed by atoms with Crippen molar-refractivity contribution in [1.29, 1.82) is 0 Å². The Kier molecular flexibility index (Phi) is 3.23. The van der Waals surface area contributed by atoms with Gasteiger partial charge in [0.15, 0.2) is 11.0 Å². The van der Waals surface area contributed by atoms with Crippen molar-refractivity contribution in [2.75, 3.05) is 5.73 Å². The van der Waals surface area contributed by atoms with Crippen LogP contribution in [0.15, 0.2) is 29.2 Å². The third-order valence-corrected chi connectivity index (χ3v) is 3.41. The monoisotopic (exact) mass is 237 g/mol. The number of nitrogens with zero attached hydrogens (tertiary/aromatic N) is 2. The molecular weight excluding hydrogens is 226 g/mol. The van der Waals surface area contributed by atoms with Crippen LogP contribution in [0.4, 0.5) is 5.13 Å². The van der Waals surface area contributed by atoms with Gasteiger partial charge in [-0.25, -0.2) is 4.98 Å². The molecule has 2 N–H and O–H groups in total. The first-order valence-electron chi connectivity index (χ1n) is 4.51. The van der Waals surface area contributed by atoms with Crippen molar-refractivity contribution < 1.29 is 0 Å². The summed E-state index contributed by atoms with van der Waals surface area (Å²) in [5.41, 5.74) is 6.78. The first kappa shape index (κ1) is 10.4. The number of anilines is 1. The third kappa shape index (κ3) is 2.94. The van der Waals surface area contributed by atoms with Gasteiger partial charge < -0.3 is 5.73 Å². The van der Waals surface area contributed by atoms with Crippen LogP contribution in [0.3, 0.4) is 0 Å². The molecule has 0 spiro atoms. The molecule has 78 valence electrons. The lowest BCUT2D eigenvalue weighted by Gasteiger charge is -1.99. The zero-order valence-corrected chi connectivity index (χ0v) is 9.94. The van der Waals surface area contributed by atoms with Gasteiger partial charge in [-0.1, -0.05) is 17.7 Å². The minimum atomic E-state index is 0.537. The minimum Gasteiger partial charge on any atom is -0.374 e. The van der Waals surface area contributed by atoms with Crippen LogP contribution in [0, 0.1) is 6.92 Å². The maximum Gasteiger partial charge on any atom is 0.199 e. The topological polar surface area (TPSA) is 51.8 Å². The fourth-order valence-electron chi connectivity index (χ4n) is 1.18. The Morgan fingerprint density at radius 1 is 1.47 bits per heavy atom. The molecule has 0 saturated carbocycles. The highest BCUT2D eigenvalue weighted by Crippen LogP contribution is 2.23. The summed E-state index contributed by atoms with van der Waals surface area (Å²) in [5.74, 6) is 1.58. The van der Waals surface area contributed by atoms with Gasteiger partial charge >= 0.3 is 0 Å². The number of hydrogen-bond acceptors (Lipinski definition) is 5. The number of thioether (sulfide) groups is 1. The molecule has 1 aromatic carbocycles. The maximum atomic E-state index is 5.51. The summed E-state index contributed by atoms with van der Waals surface area (Å²) in [6.45, 7) is 2.09. The molecule has 0 saturated heterocycles. The molecule has 1 aromatic heterocycles. The summed E-state index contributed by atoms with van der Waals surface area (Å²) in [6, 6.07) is 8.39. The molecule has 2 rings (SSSR count). The van der Waals surface area contributed by atoms with E-state index in [2.05, 4.69) is 40.5 Å². The maximum absolute atomic E-state index is 5.51. The second-order valence-electron chi connectivity index (χ2n) is 3.15. The van der Waals surface area contributed by atoms with Crippen LogP contribution >= 0.6 is 23.3 Å². The van der Waals surface area contributed by atoms with Gasteiger partial charge in [0.05, 0.1) is 5.75 Å². The van der Waals surface area contributed by atoms with Crippen LogP contribution in [-0.2, 0) is 5.75 Å². The number of benzene rings is 1. The minimum absolute atomic E-state index is 0.537. The van der Waals surface area contributed by atoms with E-state index in [0.717, 1.165) is 11.6 Å². The fraction of sp³-hybridized carbons (Fsp3) is 0.200. The molecule has 0 bridgehead atoms. The van der Waals surface area contributed by atoms with E-state index in [4.69, 9.17) is 5.73 Å². The fourth-order valence-corrected chi connectivity index (χ4v) is 2.58. The standard InChI is InChI=1S/C10H11N3S2/c1-7-3-2-4-8(5-7)14-6-9-12-10(11)15-13-9/h2-5H,6H2,1H3,(H2,11,12,13). The van der Waals surface area contributed by atoms with Gasteiger partial charge in [-0.05, 0) is 19.1 Å². The lowest BCUT2D eigenvalue weighted by molar-refractivity contribution is 1.14. The van der Waals surface area contributed by atoms with Crippen LogP contribution in [0.5, 0.6) is 0 Å². The van der Waals surface area contributed by atoms with E-state index in [1.54, 1.807) is 11.8 Å². The summed E-state index contributed by atoms with van der Waals surface area (Å²) in [5, 5.41) is 0.537. The van der Waals surface area contributed by atoms with Crippen LogP contribution in [0.1, 0.15) is 11.4 Å². The van der Waals surface area contributed by atoms with Crippen molar-refractivity contribution in [2.24, 2.45) is 0 Å². The quantitative estimate of drug-likeness (QED) is 0.834. The third-order valence-electron chi connectivity index (χ3n) is 1.84. The first-order valence-corrected chi connectivity index (χ1v) is 6.27. The Balaban J connectivity index is 1.99. The highest BCUT2D eigenvalue weighted by molar-refractivity contribution is 7.98. The van der Waals surface area contributed by atoms with E-state index >= 15 is 0 Å². The second kappa shape index (κ2) is 4.63. The van der Waals surface area contributed by atoms with Crippen LogP contribution < -0.4 is 5.73 Å². The molecular formula is C10H11N3S2. The van der Waals surface area contributed by atoms with Crippen LogP contribution in [-0.4, -0.2) is 9.36 Å². The lowest BCUT2D eigenvalue weighted by atomic mass is 10.2. The predicted molar refractivity (Wildman–Crippen MR) is 65.1 cm³/mol. The van der Waals surface area contributed by atoms with Crippen LogP contribution in [0.2, 0.25) is 0 Å². The van der Waals surface area contributed by atoms with Crippen molar-refractivity contribution in [1.82, 2.24) is 9.36 Å². The normalized spacial score (nSPS) is 10.5. The number of aromatic nitrogens is 2. The van der Waals surface area contributed by atoms with Crippen molar-refractivity contribution in [3.8, 4) is 0 Å². The molecule has 2 aromatic rings. The smallest absolute Gasteiger partial charge is 0.199 e. The largest absolute Gasteiger partial charge is 0.374 e. The van der Waals surface area contributed by atoms with Gasteiger partial charge in [-0.15, -0.1) is 11.8 Å². The van der Waals surface area contributed by atoms with E-state index in [9.17, 15) is 0 Å². The van der Waals surface area contributed by atoms with Crippen molar-refractivity contribution in [3.63, 3.8) is 0 Å². The molecule has 0 aliphatic heterocycles. The summed E-state index contributed by atoms with van der Waals surface area (Å²) in [7, 11) is 0. The second-order valence-corrected chi connectivity index (χ2v) is 4.99. The van der Waals surface area contributed by atoms with Gasteiger partial charge in [-0.2, -0.15) is 4.37 Å². The zero-order valence-electron chi connectivity index (χ0n) is 8.30. The molecule has 0 fully saturated rings. The van der Waals surface area contributed by atoms with Gasteiger partial charge in [0, 0.05) is 16.4 Å². The zero-order chi connectivity index (χ0) is 10.7. The number of aryl methyl sites for hydroxylation is 1. The Morgan fingerprint density at radius 2 is 2.33 bits per heavy atom. The highest BCUT2D eigenvalue weighted by Gasteiger charge is 2.01. The molecule has 0 atom stereocenters. The van der Waals surface area contributed by atoms with Crippen LogP contribution in [0.25, 0.3) is 0 Å². The molecule has 1 heterocycles. The van der Waals surface area contributed by atoms with Crippen molar-refractivity contribution in [3.05, 3.63) is 35.7 Å². The number of nitrogens with two attached hydrogens (primary N) is 1. The van der Waals surface area contributed by atoms with E-state index in [-0.39, 0.29) is 0 Å². The first-order chi connectivity index (χ1) is 7.24. The summed E-state index contributed by atoms with van der Waals surface area (Å²) in [4.78, 5) is 5.35. The predicted octanol–water partition coefficient (Wildman–Crippen LogP) is 2.72. The van der Waals surface area contributed by atoms with Gasteiger partial charge in [-0.3, -0.25) is 0 Å². The van der Waals surface area contributed by atoms with E-state index < -0.39 is 0 Å². The molecule has 3 nitrogen and oxygen atoms in total. The Labute approximate surface area is 96.9 Å². The molecule has 0 unspecified atom stereocenters. The molecule has 0 amide bonds. The summed E-state index contributed by atoms with van der Waals surface area (Å²) in [6.07, 6.45) is 0. The molecule has 0 aliphatic rings. The SMILES string of the molecule is Cc1cccc(SCc2nsc(N)n2)c1. The molecule has 0 radical (unpaired) electrons. The number of nitrogen functional groups attached to an aromatic ring is 1.